The van der Waals surface area contributed by atoms with Gasteiger partial charge < -0.3 is 14.4 Å². The van der Waals surface area contributed by atoms with Crippen LogP contribution in [0.25, 0.3) is 0 Å². The summed E-state index contributed by atoms with van der Waals surface area (Å²) >= 11 is 0. The van der Waals surface area contributed by atoms with Crippen LogP contribution in [-0.4, -0.2) is 40.2 Å². The third-order valence-corrected chi connectivity index (χ3v) is 4.83. The molecule has 1 aliphatic heterocycles. The minimum Gasteiger partial charge on any atom is -0.497 e. The molecule has 9 heteroatoms. The fourth-order valence-corrected chi connectivity index (χ4v) is 3.12. The van der Waals surface area contributed by atoms with Crippen LogP contribution in [0.1, 0.15) is 6.42 Å². The first-order valence-electron chi connectivity index (χ1n) is 8.15. The van der Waals surface area contributed by atoms with Crippen LogP contribution in [0.3, 0.4) is 0 Å². The third-order valence-electron chi connectivity index (χ3n) is 4.11. The quantitative estimate of drug-likeness (QED) is 0.758. The van der Waals surface area contributed by atoms with Crippen molar-refractivity contribution < 1.29 is 27.5 Å². The standard InChI is InChI=1S/C18H18N2O6S/c1-25-14-6-2-12(3-7-14)19-18(22)26-16-10-11-20(17(16)21)13-4-8-15(9-5-13)27(23)24/h2-9,16,27H,10-11H2,1H3,(H,19,22)/t16-/m0/s1. The highest BCUT2D eigenvalue weighted by molar-refractivity contribution is 7.72. The molecule has 0 aromatic heterocycles. The van der Waals surface area contributed by atoms with E-state index in [2.05, 4.69) is 5.32 Å². The van der Waals surface area contributed by atoms with Crippen molar-refractivity contribution >= 4 is 34.1 Å². The number of hydrogen-bond donors (Lipinski definition) is 2. The van der Waals surface area contributed by atoms with E-state index >= 15 is 0 Å². The third kappa shape index (κ3) is 4.37. The normalized spacial score (nSPS) is 16.4. The van der Waals surface area contributed by atoms with Crippen LogP contribution in [0.4, 0.5) is 16.2 Å². The molecule has 27 heavy (non-hydrogen) atoms. The Hall–Kier alpha value is -3.07. The number of benzene rings is 2. The molecule has 142 valence electrons. The van der Waals surface area contributed by atoms with Crippen molar-refractivity contribution in [3.63, 3.8) is 0 Å². The second-order valence-electron chi connectivity index (χ2n) is 5.80. The van der Waals surface area contributed by atoms with Gasteiger partial charge in [-0.15, -0.1) is 0 Å². The number of ether oxygens (including phenoxy) is 2. The topological polar surface area (TPSA) is 102 Å². The maximum Gasteiger partial charge on any atom is 0.412 e. The monoisotopic (exact) mass is 390 g/mol. The number of nitrogens with zero attached hydrogens (tertiary/aromatic N) is 1. The van der Waals surface area contributed by atoms with Gasteiger partial charge in [-0.05, 0) is 48.5 Å². The van der Waals surface area contributed by atoms with Gasteiger partial charge in [-0.1, -0.05) is 0 Å². The van der Waals surface area contributed by atoms with Gasteiger partial charge in [0.1, 0.15) is 5.75 Å². The molecule has 2 aromatic rings. The Morgan fingerprint density at radius 1 is 1.11 bits per heavy atom. The second kappa shape index (κ2) is 8.09. The summed E-state index contributed by atoms with van der Waals surface area (Å²) in [7, 11) is -1.12. The van der Waals surface area contributed by atoms with Gasteiger partial charge in [0.2, 0.25) is 0 Å². The average molecular weight is 390 g/mol. The summed E-state index contributed by atoms with van der Waals surface area (Å²) in [5.41, 5.74) is 1.08. The Bertz CT molecular complexity index is 900. The number of nitrogens with one attached hydrogen (secondary N) is 1. The first-order chi connectivity index (χ1) is 13.0. The van der Waals surface area contributed by atoms with E-state index in [1.54, 1.807) is 43.5 Å². The summed E-state index contributed by atoms with van der Waals surface area (Å²) in [6.07, 6.45) is -1.26. The lowest BCUT2D eigenvalue weighted by Gasteiger charge is -2.17. The van der Waals surface area contributed by atoms with Crippen LogP contribution >= 0.6 is 0 Å². The number of rotatable bonds is 5. The molecule has 2 aromatic carbocycles. The summed E-state index contributed by atoms with van der Waals surface area (Å²) in [5.74, 6) is 0.308. The molecule has 0 spiro atoms. The number of hydrogen-bond acceptors (Lipinski definition) is 6. The van der Waals surface area contributed by atoms with Crippen molar-refractivity contribution in [3.05, 3.63) is 48.5 Å². The zero-order valence-corrected chi connectivity index (χ0v) is 15.3. The van der Waals surface area contributed by atoms with Crippen LogP contribution in [0.2, 0.25) is 0 Å². The molecule has 1 atom stereocenters. The van der Waals surface area contributed by atoms with E-state index in [0.717, 1.165) is 0 Å². The van der Waals surface area contributed by atoms with Gasteiger partial charge >= 0.3 is 6.09 Å². The number of anilines is 2. The molecule has 0 aliphatic carbocycles. The van der Waals surface area contributed by atoms with Gasteiger partial charge in [0, 0.05) is 24.3 Å². The second-order valence-corrected chi connectivity index (χ2v) is 6.83. The fourth-order valence-electron chi connectivity index (χ4n) is 2.72. The summed E-state index contributed by atoms with van der Waals surface area (Å²) in [6, 6.07) is 12.7. The van der Waals surface area contributed by atoms with Crippen LogP contribution in [0, 0.1) is 0 Å². The minimum atomic E-state index is -2.67. The molecule has 1 N–H and O–H groups in total. The highest BCUT2D eigenvalue weighted by Crippen LogP contribution is 2.24. The molecule has 0 unspecified atom stereocenters. The van der Waals surface area contributed by atoms with E-state index in [4.69, 9.17) is 9.47 Å². The van der Waals surface area contributed by atoms with Crippen molar-refractivity contribution in [2.24, 2.45) is 0 Å². The smallest absolute Gasteiger partial charge is 0.412 e. The number of carbonyl (C=O) groups is 2. The highest BCUT2D eigenvalue weighted by Gasteiger charge is 2.35. The number of methoxy groups -OCH3 is 1. The lowest BCUT2D eigenvalue weighted by Crippen LogP contribution is -2.33. The molecule has 0 bridgehead atoms. The Balaban J connectivity index is 1.59. The molecule has 1 aliphatic rings. The fraction of sp³-hybridized carbons (Fsp3) is 0.222. The molecule has 2 amide bonds. The van der Waals surface area contributed by atoms with Crippen LogP contribution in [0.15, 0.2) is 53.4 Å². The summed E-state index contributed by atoms with van der Waals surface area (Å²) < 4.78 is 32.2. The molecule has 0 saturated carbocycles. The van der Waals surface area contributed by atoms with E-state index in [-0.39, 0.29) is 10.8 Å². The maximum absolute atomic E-state index is 12.5. The zero-order chi connectivity index (χ0) is 19.4. The molecule has 1 heterocycles. The van der Waals surface area contributed by atoms with Crippen LogP contribution in [0.5, 0.6) is 5.75 Å². The van der Waals surface area contributed by atoms with Gasteiger partial charge in [-0.2, -0.15) is 0 Å². The minimum absolute atomic E-state index is 0.173. The molecule has 8 nitrogen and oxygen atoms in total. The molecular formula is C18H18N2O6S. The van der Waals surface area contributed by atoms with E-state index in [9.17, 15) is 18.0 Å². The number of carbonyl (C=O) groups excluding carboxylic acids is 2. The predicted octanol–water partition coefficient (Wildman–Crippen LogP) is 2.02. The number of amides is 2. The number of thiol groups is 1. The van der Waals surface area contributed by atoms with Gasteiger partial charge in [0.15, 0.2) is 16.8 Å². The molecule has 3 rings (SSSR count). The predicted molar refractivity (Wildman–Crippen MR) is 98.9 cm³/mol. The van der Waals surface area contributed by atoms with Gasteiger partial charge in [-0.25, -0.2) is 13.2 Å². The average Bonchev–Trinajstić information content (AvgIpc) is 3.02. The Kier molecular flexibility index (Phi) is 5.60. The first-order valence-corrected chi connectivity index (χ1v) is 9.33. The van der Waals surface area contributed by atoms with Crippen molar-refractivity contribution in [3.8, 4) is 5.75 Å². The highest BCUT2D eigenvalue weighted by atomic mass is 32.2. The Labute approximate surface area is 157 Å². The SMILES string of the molecule is COc1ccc(NC(=O)O[C@H]2CCN(c3ccc([SH](=O)=O)cc3)C2=O)cc1. The van der Waals surface area contributed by atoms with E-state index in [1.807, 2.05) is 0 Å². The lowest BCUT2D eigenvalue weighted by molar-refractivity contribution is -0.124. The zero-order valence-electron chi connectivity index (χ0n) is 14.5. The van der Waals surface area contributed by atoms with Crippen LogP contribution in [-0.2, 0) is 20.2 Å². The molecule has 1 saturated heterocycles. The van der Waals surface area contributed by atoms with Gasteiger partial charge in [-0.3, -0.25) is 10.1 Å². The van der Waals surface area contributed by atoms with E-state index in [0.29, 0.717) is 30.1 Å². The van der Waals surface area contributed by atoms with Gasteiger partial charge in [0.25, 0.3) is 5.91 Å². The molecule has 1 fully saturated rings. The van der Waals surface area contributed by atoms with Crippen molar-refractivity contribution in [1.29, 1.82) is 0 Å². The van der Waals surface area contributed by atoms with Crippen molar-refractivity contribution in [2.45, 2.75) is 17.4 Å². The van der Waals surface area contributed by atoms with Crippen LogP contribution < -0.4 is 15.0 Å². The Morgan fingerprint density at radius 3 is 2.37 bits per heavy atom. The van der Waals surface area contributed by atoms with Crippen molar-refractivity contribution in [2.75, 3.05) is 23.9 Å². The first kappa shape index (κ1) is 18.7. The maximum atomic E-state index is 12.5. The summed E-state index contributed by atoms with van der Waals surface area (Å²) in [4.78, 5) is 26.1. The van der Waals surface area contributed by atoms with Crippen molar-refractivity contribution in [1.82, 2.24) is 0 Å². The van der Waals surface area contributed by atoms with E-state index < -0.39 is 22.9 Å². The Morgan fingerprint density at radius 2 is 1.78 bits per heavy atom. The van der Waals surface area contributed by atoms with Gasteiger partial charge in [0.05, 0.1) is 12.0 Å². The van der Waals surface area contributed by atoms with E-state index in [1.165, 1.54) is 17.0 Å². The molecular weight excluding hydrogens is 372 g/mol. The molecule has 0 radical (unpaired) electrons. The lowest BCUT2D eigenvalue weighted by atomic mass is 10.3. The largest absolute Gasteiger partial charge is 0.497 e. The summed E-state index contributed by atoms with van der Waals surface area (Å²) in [6.45, 7) is 0.377. The summed E-state index contributed by atoms with van der Waals surface area (Å²) in [5, 5.41) is 2.56.